The standard InChI is InChI=1S/C26H33N5O2/c1-17(2)18-8-10-21(11-9-18)33-16-20-14-24(29-27-20)19-12-13-31(15-19)26(32)25-22-6-4-3-5-7-23(22)28-30-25/h8-11,14,17,19H,3-7,12-13,15-16H2,1-2H3,(H,27,29)(H,28,30). The SMILES string of the molecule is CC(C)c1ccc(OCc2cc(C3CCN(C(=O)c4n[nH]c5c4CCCCC5)C3)n[nH]2)cc1. The molecule has 1 aliphatic carbocycles. The average Bonchev–Trinajstić information content (AvgIpc) is 3.55. The van der Waals surface area contributed by atoms with E-state index in [0.29, 0.717) is 24.8 Å². The molecule has 2 aliphatic rings. The summed E-state index contributed by atoms with van der Waals surface area (Å²) in [5.41, 5.74) is 6.17. The monoisotopic (exact) mass is 447 g/mol. The van der Waals surface area contributed by atoms with Gasteiger partial charge in [-0.15, -0.1) is 0 Å². The first-order valence-corrected chi connectivity index (χ1v) is 12.2. The van der Waals surface area contributed by atoms with Gasteiger partial charge < -0.3 is 9.64 Å². The minimum absolute atomic E-state index is 0.0563. The number of ether oxygens (including phenoxy) is 1. The molecule has 1 atom stereocenters. The molecule has 5 rings (SSSR count). The number of aromatic amines is 2. The molecule has 2 N–H and O–H groups in total. The van der Waals surface area contributed by atoms with Gasteiger partial charge in [0.05, 0.1) is 11.4 Å². The number of H-pyrrole nitrogens is 2. The zero-order valence-corrected chi connectivity index (χ0v) is 19.6. The van der Waals surface area contributed by atoms with Crippen LogP contribution in [0.25, 0.3) is 0 Å². The zero-order chi connectivity index (χ0) is 22.8. The second-order valence-corrected chi connectivity index (χ2v) is 9.66. The Kier molecular flexibility index (Phi) is 6.20. The van der Waals surface area contributed by atoms with Crippen LogP contribution in [0.3, 0.4) is 0 Å². The fourth-order valence-electron chi connectivity index (χ4n) is 4.94. The van der Waals surface area contributed by atoms with Crippen LogP contribution in [0.15, 0.2) is 30.3 Å². The van der Waals surface area contributed by atoms with Gasteiger partial charge >= 0.3 is 0 Å². The summed E-state index contributed by atoms with van der Waals surface area (Å²) >= 11 is 0. The van der Waals surface area contributed by atoms with Crippen LogP contribution < -0.4 is 4.74 Å². The van der Waals surface area contributed by atoms with Gasteiger partial charge in [0, 0.05) is 30.3 Å². The summed E-state index contributed by atoms with van der Waals surface area (Å²) in [6, 6.07) is 10.3. The molecule has 7 heteroatoms. The Morgan fingerprint density at radius 3 is 2.76 bits per heavy atom. The van der Waals surface area contributed by atoms with Crippen molar-refractivity contribution >= 4 is 5.91 Å². The van der Waals surface area contributed by atoms with Gasteiger partial charge in [-0.2, -0.15) is 10.2 Å². The summed E-state index contributed by atoms with van der Waals surface area (Å²) in [7, 11) is 0. The summed E-state index contributed by atoms with van der Waals surface area (Å²) in [4.78, 5) is 15.1. The molecule has 1 amide bonds. The number of likely N-dealkylation sites (tertiary alicyclic amines) is 1. The Hall–Kier alpha value is -3.09. The first-order chi connectivity index (χ1) is 16.1. The molecule has 2 aromatic heterocycles. The van der Waals surface area contributed by atoms with Crippen LogP contribution in [0.4, 0.5) is 0 Å². The normalized spacial score (nSPS) is 18.4. The number of fused-ring (bicyclic) bond motifs is 1. The summed E-state index contributed by atoms with van der Waals surface area (Å²) in [6.45, 7) is 6.24. The fourth-order valence-corrected chi connectivity index (χ4v) is 4.94. The lowest BCUT2D eigenvalue weighted by molar-refractivity contribution is 0.0783. The maximum atomic E-state index is 13.2. The van der Waals surface area contributed by atoms with E-state index in [1.165, 1.54) is 18.4 Å². The predicted molar refractivity (Wildman–Crippen MR) is 127 cm³/mol. The highest BCUT2D eigenvalue weighted by Crippen LogP contribution is 2.29. The average molecular weight is 448 g/mol. The molecule has 3 aromatic rings. The summed E-state index contributed by atoms with van der Waals surface area (Å²) in [6.07, 6.45) is 6.39. The van der Waals surface area contributed by atoms with Gasteiger partial charge in [0.15, 0.2) is 5.69 Å². The minimum atomic E-state index is 0.0563. The second kappa shape index (κ2) is 9.41. The molecule has 1 aromatic carbocycles. The molecule has 0 radical (unpaired) electrons. The number of carbonyl (C=O) groups is 1. The van der Waals surface area contributed by atoms with Crippen LogP contribution in [0.5, 0.6) is 5.75 Å². The third-order valence-corrected chi connectivity index (χ3v) is 6.99. The Morgan fingerprint density at radius 1 is 1.12 bits per heavy atom. The summed E-state index contributed by atoms with van der Waals surface area (Å²) < 4.78 is 5.93. The van der Waals surface area contributed by atoms with Crippen LogP contribution >= 0.6 is 0 Å². The second-order valence-electron chi connectivity index (χ2n) is 9.66. The molecule has 1 fully saturated rings. The lowest BCUT2D eigenvalue weighted by Crippen LogP contribution is -2.29. The number of carbonyl (C=O) groups excluding carboxylic acids is 1. The number of aryl methyl sites for hydroxylation is 1. The van der Waals surface area contributed by atoms with Crippen molar-refractivity contribution < 1.29 is 9.53 Å². The smallest absolute Gasteiger partial charge is 0.274 e. The number of hydrogen-bond donors (Lipinski definition) is 2. The Labute approximate surface area is 194 Å². The van der Waals surface area contributed by atoms with Crippen molar-refractivity contribution in [3.8, 4) is 5.75 Å². The van der Waals surface area contributed by atoms with E-state index in [2.05, 4.69) is 52.4 Å². The number of hydrogen-bond acceptors (Lipinski definition) is 4. The molecule has 0 spiro atoms. The zero-order valence-electron chi connectivity index (χ0n) is 19.6. The van der Waals surface area contributed by atoms with Crippen molar-refractivity contribution in [2.24, 2.45) is 0 Å². The van der Waals surface area contributed by atoms with Crippen molar-refractivity contribution in [2.75, 3.05) is 13.1 Å². The third kappa shape index (κ3) is 4.68. The lowest BCUT2D eigenvalue weighted by Gasteiger charge is -2.15. The minimum Gasteiger partial charge on any atom is -0.487 e. The van der Waals surface area contributed by atoms with Gasteiger partial charge in [0.1, 0.15) is 12.4 Å². The lowest BCUT2D eigenvalue weighted by atomic mass is 10.0. The quantitative estimate of drug-likeness (QED) is 0.535. The maximum Gasteiger partial charge on any atom is 0.274 e. The predicted octanol–water partition coefficient (Wildman–Crippen LogP) is 4.73. The Morgan fingerprint density at radius 2 is 1.94 bits per heavy atom. The highest BCUT2D eigenvalue weighted by molar-refractivity contribution is 5.94. The largest absolute Gasteiger partial charge is 0.487 e. The van der Waals surface area contributed by atoms with Gasteiger partial charge in [-0.1, -0.05) is 32.4 Å². The summed E-state index contributed by atoms with van der Waals surface area (Å²) in [5, 5.41) is 15.2. The molecule has 33 heavy (non-hydrogen) atoms. The molecule has 0 bridgehead atoms. The number of amides is 1. The molecule has 7 nitrogen and oxygen atoms in total. The number of benzene rings is 1. The van der Waals surface area contributed by atoms with E-state index < -0.39 is 0 Å². The van der Waals surface area contributed by atoms with Crippen LogP contribution in [0, 0.1) is 0 Å². The van der Waals surface area contributed by atoms with Crippen molar-refractivity contribution in [1.82, 2.24) is 25.3 Å². The van der Waals surface area contributed by atoms with Gasteiger partial charge in [-0.25, -0.2) is 0 Å². The molecule has 1 aliphatic heterocycles. The van der Waals surface area contributed by atoms with E-state index in [9.17, 15) is 4.79 Å². The fraction of sp³-hybridized carbons (Fsp3) is 0.500. The molecule has 1 unspecified atom stereocenters. The van der Waals surface area contributed by atoms with Gasteiger partial charge in [0.25, 0.3) is 5.91 Å². The molecule has 1 saturated heterocycles. The van der Waals surface area contributed by atoms with Crippen molar-refractivity contribution in [2.45, 2.75) is 70.8 Å². The van der Waals surface area contributed by atoms with E-state index in [1.54, 1.807) is 0 Å². The maximum absolute atomic E-state index is 13.2. The van der Waals surface area contributed by atoms with E-state index in [-0.39, 0.29) is 11.8 Å². The molecule has 0 saturated carbocycles. The van der Waals surface area contributed by atoms with E-state index in [1.807, 2.05) is 17.0 Å². The highest BCUT2D eigenvalue weighted by Gasteiger charge is 2.32. The van der Waals surface area contributed by atoms with Crippen molar-refractivity contribution in [3.05, 3.63) is 64.2 Å². The van der Waals surface area contributed by atoms with Gasteiger partial charge in [-0.3, -0.25) is 15.0 Å². The van der Waals surface area contributed by atoms with Crippen LogP contribution in [0.1, 0.15) is 90.1 Å². The first kappa shape index (κ1) is 21.7. The Bertz CT molecular complexity index is 1100. The van der Waals surface area contributed by atoms with Gasteiger partial charge in [-0.05, 0) is 61.8 Å². The Balaban J connectivity index is 1.18. The number of nitrogens with zero attached hydrogens (tertiary/aromatic N) is 3. The van der Waals surface area contributed by atoms with E-state index >= 15 is 0 Å². The third-order valence-electron chi connectivity index (χ3n) is 6.99. The highest BCUT2D eigenvalue weighted by atomic mass is 16.5. The molecular formula is C26H33N5O2. The number of rotatable bonds is 6. The van der Waals surface area contributed by atoms with Gasteiger partial charge in [0.2, 0.25) is 0 Å². The van der Waals surface area contributed by atoms with E-state index in [4.69, 9.17) is 4.74 Å². The van der Waals surface area contributed by atoms with Crippen LogP contribution in [-0.2, 0) is 19.4 Å². The number of nitrogens with one attached hydrogen (secondary N) is 2. The first-order valence-electron chi connectivity index (χ1n) is 12.2. The summed E-state index contributed by atoms with van der Waals surface area (Å²) in [5.74, 6) is 1.66. The van der Waals surface area contributed by atoms with Crippen LogP contribution in [-0.4, -0.2) is 44.3 Å². The molecular weight excluding hydrogens is 414 g/mol. The molecule has 174 valence electrons. The van der Waals surface area contributed by atoms with E-state index in [0.717, 1.165) is 60.6 Å². The van der Waals surface area contributed by atoms with Crippen molar-refractivity contribution in [3.63, 3.8) is 0 Å². The number of aromatic nitrogens is 4. The topological polar surface area (TPSA) is 86.9 Å². The van der Waals surface area contributed by atoms with Crippen molar-refractivity contribution in [1.29, 1.82) is 0 Å². The molecule has 3 heterocycles. The van der Waals surface area contributed by atoms with Crippen LogP contribution in [0.2, 0.25) is 0 Å².